The van der Waals surface area contributed by atoms with E-state index in [2.05, 4.69) is 19.2 Å². The molecule has 102 valence electrons. The van der Waals surface area contributed by atoms with Gasteiger partial charge in [0.1, 0.15) is 0 Å². The molecule has 1 aliphatic carbocycles. The van der Waals surface area contributed by atoms with E-state index in [0.717, 1.165) is 19.1 Å². The van der Waals surface area contributed by atoms with Crippen molar-refractivity contribution < 1.29 is 4.74 Å². The van der Waals surface area contributed by atoms with Crippen molar-refractivity contribution in [2.24, 2.45) is 11.3 Å². The second-order valence-electron chi connectivity index (χ2n) is 5.95. The Hall–Kier alpha value is -0.0800. The lowest BCUT2D eigenvalue weighted by molar-refractivity contribution is 0.132. The summed E-state index contributed by atoms with van der Waals surface area (Å²) in [4.78, 5) is 0. The lowest BCUT2D eigenvalue weighted by Gasteiger charge is -2.39. The predicted octanol–water partition coefficient (Wildman–Crippen LogP) is 3.61. The van der Waals surface area contributed by atoms with Crippen LogP contribution in [-0.2, 0) is 4.74 Å². The molecule has 1 aliphatic rings. The van der Waals surface area contributed by atoms with E-state index in [1.54, 1.807) is 7.11 Å². The van der Waals surface area contributed by atoms with E-state index in [9.17, 15) is 0 Å². The van der Waals surface area contributed by atoms with Crippen LogP contribution in [0.15, 0.2) is 0 Å². The fourth-order valence-electron chi connectivity index (χ4n) is 3.17. The third-order valence-corrected chi connectivity index (χ3v) is 4.38. The molecule has 0 spiro atoms. The van der Waals surface area contributed by atoms with Crippen molar-refractivity contribution >= 4 is 0 Å². The van der Waals surface area contributed by atoms with E-state index in [4.69, 9.17) is 4.74 Å². The fourth-order valence-corrected chi connectivity index (χ4v) is 3.17. The molecule has 0 radical (unpaired) electrons. The first kappa shape index (κ1) is 15.0. The summed E-state index contributed by atoms with van der Waals surface area (Å²) in [5.41, 5.74) is 0.585. The van der Waals surface area contributed by atoms with Gasteiger partial charge in [0.2, 0.25) is 0 Å². The molecule has 0 heterocycles. The van der Waals surface area contributed by atoms with Gasteiger partial charge in [-0.25, -0.2) is 0 Å². The van der Waals surface area contributed by atoms with Gasteiger partial charge in [-0.1, -0.05) is 39.5 Å². The lowest BCUT2D eigenvalue weighted by Crippen LogP contribution is -2.38. The Kier molecular flexibility index (Phi) is 7.14. The van der Waals surface area contributed by atoms with Crippen LogP contribution in [0.25, 0.3) is 0 Å². The number of rotatable bonds is 8. The Bertz CT molecular complexity index is 187. The second-order valence-corrected chi connectivity index (χ2v) is 5.95. The van der Waals surface area contributed by atoms with Crippen LogP contribution in [0.4, 0.5) is 0 Å². The number of hydrogen-bond donors (Lipinski definition) is 1. The maximum atomic E-state index is 5.10. The smallest absolute Gasteiger partial charge is 0.0587 e. The van der Waals surface area contributed by atoms with Crippen molar-refractivity contribution in [2.45, 2.75) is 58.8 Å². The van der Waals surface area contributed by atoms with Gasteiger partial charge in [0.25, 0.3) is 0 Å². The molecule has 17 heavy (non-hydrogen) atoms. The monoisotopic (exact) mass is 241 g/mol. The Balaban J connectivity index is 2.40. The highest BCUT2D eigenvalue weighted by Crippen LogP contribution is 2.41. The van der Waals surface area contributed by atoms with Gasteiger partial charge in [-0.05, 0) is 30.6 Å². The number of ether oxygens (including phenoxy) is 1. The highest BCUT2D eigenvalue weighted by atomic mass is 16.5. The van der Waals surface area contributed by atoms with Gasteiger partial charge in [-0.2, -0.15) is 0 Å². The summed E-state index contributed by atoms with van der Waals surface area (Å²) in [6.07, 6.45) is 9.89. The van der Waals surface area contributed by atoms with Crippen molar-refractivity contribution in [3.05, 3.63) is 0 Å². The van der Waals surface area contributed by atoms with Gasteiger partial charge in [0.05, 0.1) is 6.61 Å². The Morgan fingerprint density at radius 2 is 1.94 bits per heavy atom. The van der Waals surface area contributed by atoms with Crippen molar-refractivity contribution in [1.82, 2.24) is 5.32 Å². The van der Waals surface area contributed by atoms with Crippen LogP contribution >= 0.6 is 0 Å². The van der Waals surface area contributed by atoms with Crippen LogP contribution < -0.4 is 5.32 Å². The summed E-state index contributed by atoms with van der Waals surface area (Å²) in [6, 6.07) is 0. The minimum absolute atomic E-state index is 0.585. The minimum Gasteiger partial charge on any atom is -0.383 e. The quantitative estimate of drug-likeness (QED) is 0.656. The molecule has 0 amide bonds. The molecule has 2 nitrogen and oxygen atoms in total. The number of nitrogens with one attached hydrogen (secondary N) is 1. The zero-order valence-corrected chi connectivity index (χ0v) is 12.1. The van der Waals surface area contributed by atoms with Crippen molar-refractivity contribution in [3.63, 3.8) is 0 Å². The summed E-state index contributed by atoms with van der Waals surface area (Å²) in [5.74, 6) is 0.873. The average Bonchev–Trinajstić information content (AvgIpc) is 2.36. The topological polar surface area (TPSA) is 21.3 Å². The zero-order valence-electron chi connectivity index (χ0n) is 12.1. The standard InChI is InChI=1S/C15H31NO/c1-4-14(2)12-15(8-6-5-7-9-15)13-16-10-11-17-3/h14,16H,4-13H2,1-3H3. The van der Waals surface area contributed by atoms with Crippen molar-refractivity contribution in [3.8, 4) is 0 Å². The van der Waals surface area contributed by atoms with Gasteiger partial charge in [-0.3, -0.25) is 0 Å². The van der Waals surface area contributed by atoms with Gasteiger partial charge >= 0.3 is 0 Å². The first-order valence-electron chi connectivity index (χ1n) is 7.42. The van der Waals surface area contributed by atoms with E-state index in [-0.39, 0.29) is 0 Å². The third-order valence-electron chi connectivity index (χ3n) is 4.38. The molecule has 0 aromatic carbocycles. The van der Waals surface area contributed by atoms with E-state index in [1.165, 1.54) is 51.5 Å². The van der Waals surface area contributed by atoms with Crippen LogP contribution in [0.3, 0.4) is 0 Å². The zero-order chi connectivity index (χ0) is 12.6. The highest BCUT2D eigenvalue weighted by Gasteiger charge is 2.32. The fraction of sp³-hybridized carbons (Fsp3) is 1.00. The molecule has 0 bridgehead atoms. The van der Waals surface area contributed by atoms with Gasteiger partial charge < -0.3 is 10.1 Å². The lowest BCUT2D eigenvalue weighted by atomic mass is 9.69. The van der Waals surface area contributed by atoms with Crippen LogP contribution in [0.5, 0.6) is 0 Å². The molecule has 1 rings (SSSR count). The normalized spacial score (nSPS) is 21.4. The Morgan fingerprint density at radius 3 is 2.53 bits per heavy atom. The molecule has 1 fully saturated rings. The third kappa shape index (κ3) is 5.39. The van der Waals surface area contributed by atoms with Gasteiger partial charge in [0, 0.05) is 20.2 Å². The molecule has 0 aliphatic heterocycles. The minimum atomic E-state index is 0.585. The van der Waals surface area contributed by atoms with E-state index in [0.29, 0.717) is 5.41 Å². The molecule has 1 atom stereocenters. The Labute approximate surface area is 108 Å². The van der Waals surface area contributed by atoms with E-state index in [1.807, 2.05) is 0 Å². The van der Waals surface area contributed by atoms with Crippen LogP contribution in [0.2, 0.25) is 0 Å². The van der Waals surface area contributed by atoms with Crippen molar-refractivity contribution in [1.29, 1.82) is 0 Å². The molecule has 1 unspecified atom stereocenters. The van der Waals surface area contributed by atoms with Crippen LogP contribution in [0, 0.1) is 11.3 Å². The first-order valence-corrected chi connectivity index (χ1v) is 7.42. The predicted molar refractivity (Wildman–Crippen MR) is 74.3 cm³/mol. The van der Waals surface area contributed by atoms with Gasteiger partial charge in [-0.15, -0.1) is 0 Å². The molecule has 1 saturated carbocycles. The second kappa shape index (κ2) is 8.10. The summed E-state index contributed by atoms with van der Waals surface area (Å²) in [6.45, 7) is 7.75. The number of hydrogen-bond acceptors (Lipinski definition) is 2. The number of methoxy groups -OCH3 is 1. The van der Waals surface area contributed by atoms with E-state index >= 15 is 0 Å². The molecule has 0 aromatic rings. The molecular weight excluding hydrogens is 210 g/mol. The molecule has 1 N–H and O–H groups in total. The maximum Gasteiger partial charge on any atom is 0.0587 e. The first-order chi connectivity index (χ1) is 8.22. The highest BCUT2D eigenvalue weighted by molar-refractivity contribution is 4.86. The SMILES string of the molecule is CCC(C)CC1(CNCCOC)CCCCC1. The summed E-state index contributed by atoms with van der Waals surface area (Å²) in [5, 5.41) is 3.60. The van der Waals surface area contributed by atoms with Crippen LogP contribution in [-0.4, -0.2) is 26.8 Å². The Morgan fingerprint density at radius 1 is 1.24 bits per heavy atom. The van der Waals surface area contributed by atoms with Crippen LogP contribution in [0.1, 0.15) is 58.8 Å². The van der Waals surface area contributed by atoms with E-state index < -0.39 is 0 Å². The van der Waals surface area contributed by atoms with Crippen molar-refractivity contribution in [2.75, 3.05) is 26.8 Å². The summed E-state index contributed by atoms with van der Waals surface area (Å²) >= 11 is 0. The summed E-state index contributed by atoms with van der Waals surface area (Å²) in [7, 11) is 1.78. The largest absolute Gasteiger partial charge is 0.383 e. The molecule has 0 saturated heterocycles. The van der Waals surface area contributed by atoms with Gasteiger partial charge in [0.15, 0.2) is 0 Å². The molecular formula is C15H31NO. The average molecular weight is 241 g/mol. The molecule has 2 heteroatoms. The maximum absolute atomic E-state index is 5.10. The summed E-state index contributed by atoms with van der Waals surface area (Å²) < 4.78 is 5.10. The molecule has 0 aromatic heterocycles.